The Kier molecular flexibility index (Phi) is 3.44. The summed E-state index contributed by atoms with van der Waals surface area (Å²) >= 11 is 8.12. The molecule has 0 atom stereocenters. The third-order valence-corrected chi connectivity index (χ3v) is 3.94. The van der Waals surface area contributed by atoms with Crippen molar-refractivity contribution in [1.29, 1.82) is 0 Å². The monoisotopic (exact) mass is 344 g/mol. The molecule has 0 spiro atoms. The highest BCUT2D eigenvalue weighted by Crippen LogP contribution is 2.24. The van der Waals surface area contributed by atoms with Crippen molar-refractivity contribution in [3.63, 3.8) is 0 Å². The molecule has 0 amide bonds. The van der Waals surface area contributed by atoms with Crippen LogP contribution in [-0.2, 0) is 0 Å². The molecule has 1 aromatic carbocycles. The maximum atomic E-state index is 6.00. The van der Waals surface area contributed by atoms with Gasteiger partial charge in [0.05, 0.1) is 3.57 Å². The number of halogens is 2. The lowest BCUT2D eigenvalue weighted by molar-refractivity contribution is 1.15. The highest BCUT2D eigenvalue weighted by molar-refractivity contribution is 14.1. The van der Waals surface area contributed by atoms with E-state index in [1.54, 1.807) is 6.20 Å². The Morgan fingerprint density at radius 2 is 2.00 bits per heavy atom. The summed E-state index contributed by atoms with van der Waals surface area (Å²) in [5, 5.41) is 0.506. The summed E-state index contributed by atoms with van der Waals surface area (Å²) in [7, 11) is 0. The molecule has 4 heteroatoms. The van der Waals surface area contributed by atoms with Crippen molar-refractivity contribution in [3.05, 3.63) is 44.2 Å². The van der Waals surface area contributed by atoms with Crippen LogP contribution in [0.5, 0.6) is 0 Å². The van der Waals surface area contributed by atoms with E-state index in [4.69, 9.17) is 11.6 Å². The van der Waals surface area contributed by atoms with Gasteiger partial charge in [-0.1, -0.05) is 29.8 Å². The van der Waals surface area contributed by atoms with Gasteiger partial charge >= 0.3 is 0 Å². The van der Waals surface area contributed by atoms with Gasteiger partial charge in [-0.15, -0.1) is 0 Å². The third kappa shape index (κ3) is 2.20. The van der Waals surface area contributed by atoms with Crippen LogP contribution in [0, 0.1) is 17.4 Å². The summed E-state index contributed by atoms with van der Waals surface area (Å²) in [4.78, 5) is 8.60. The topological polar surface area (TPSA) is 25.8 Å². The lowest BCUT2D eigenvalue weighted by Crippen LogP contribution is -1.94. The summed E-state index contributed by atoms with van der Waals surface area (Å²) in [5.74, 6) is 0.687. The molecule has 16 heavy (non-hydrogen) atoms. The van der Waals surface area contributed by atoms with Crippen molar-refractivity contribution < 1.29 is 0 Å². The van der Waals surface area contributed by atoms with Crippen LogP contribution in [0.1, 0.15) is 11.1 Å². The average molecular weight is 345 g/mol. The molecular weight excluding hydrogens is 335 g/mol. The Morgan fingerprint density at radius 3 is 2.69 bits per heavy atom. The first-order valence-corrected chi connectivity index (χ1v) is 6.30. The Hall–Kier alpha value is -0.680. The Balaban J connectivity index is 2.59. The second-order valence-electron chi connectivity index (χ2n) is 3.58. The van der Waals surface area contributed by atoms with Gasteiger partial charge in [0.25, 0.3) is 0 Å². The maximum Gasteiger partial charge on any atom is 0.161 e. The van der Waals surface area contributed by atoms with Gasteiger partial charge in [0, 0.05) is 11.8 Å². The summed E-state index contributed by atoms with van der Waals surface area (Å²) in [6.45, 7) is 4.15. The highest BCUT2D eigenvalue weighted by Gasteiger charge is 2.08. The van der Waals surface area contributed by atoms with Gasteiger partial charge in [-0.3, -0.25) is 0 Å². The minimum atomic E-state index is 0.506. The van der Waals surface area contributed by atoms with Crippen LogP contribution in [0.15, 0.2) is 24.4 Å². The van der Waals surface area contributed by atoms with E-state index in [0.29, 0.717) is 11.0 Å². The van der Waals surface area contributed by atoms with Crippen LogP contribution in [0.25, 0.3) is 11.4 Å². The lowest BCUT2D eigenvalue weighted by Gasteiger charge is -2.07. The standard InChI is InChI=1S/C12H10ClIN2/c1-7-4-3-5-9(8(7)2)12-15-6-10(14)11(13)16-12/h3-6H,1-2H3. The zero-order chi connectivity index (χ0) is 11.7. The fraction of sp³-hybridized carbons (Fsp3) is 0.167. The number of aryl methyl sites for hydroxylation is 1. The molecule has 2 rings (SSSR count). The first-order valence-electron chi connectivity index (χ1n) is 4.84. The van der Waals surface area contributed by atoms with E-state index in [1.165, 1.54) is 11.1 Å². The van der Waals surface area contributed by atoms with Crippen LogP contribution in [0.2, 0.25) is 5.15 Å². The minimum Gasteiger partial charge on any atom is -0.235 e. The van der Waals surface area contributed by atoms with E-state index in [2.05, 4.69) is 52.5 Å². The van der Waals surface area contributed by atoms with Crippen molar-refractivity contribution in [2.24, 2.45) is 0 Å². The van der Waals surface area contributed by atoms with Gasteiger partial charge in [-0.2, -0.15) is 0 Å². The van der Waals surface area contributed by atoms with Gasteiger partial charge in [0.2, 0.25) is 0 Å². The predicted molar refractivity (Wildman–Crippen MR) is 74.7 cm³/mol. The van der Waals surface area contributed by atoms with Crippen LogP contribution in [0.3, 0.4) is 0 Å². The number of hydrogen-bond acceptors (Lipinski definition) is 2. The van der Waals surface area contributed by atoms with Crippen molar-refractivity contribution in [2.45, 2.75) is 13.8 Å². The van der Waals surface area contributed by atoms with Crippen LogP contribution >= 0.6 is 34.2 Å². The summed E-state index contributed by atoms with van der Waals surface area (Å²) < 4.78 is 0.869. The van der Waals surface area contributed by atoms with Crippen LogP contribution in [0.4, 0.5) is 0 Å². The van der Waals surface area contributed by atoms with Crippen molar-refractivity contribution >= 4 is 34.2 Å². The van der Waals surface area contributed by atoms with E-state index >= 15 is 0 Å². The Labute approximate surface area is 113 Å². The normalized spacial score (nSPS) is 10.5. The highest BCUT2D eigenvalue weighted by atomic mass is 127. The summed E-state index contributed by atoms with van der Waals surface area (Å²) in [6, 6.07) is 6.10. The molecule has 82 valence electrons. The lowest BCUT2D eigenvalue weighted by atomic mass is 10.0. The summed E-state index contributed by atoms with van der Waals surface area (Å²) in [5.41, 5.74) is 3.47. The van der Waals surface area contributed by atoms with E-state index in [1.807, 2.05) is 12.1 Å². The SMILES string of the molecule is Cc1cccc(-c2ncc(I)c(Cl)n2)c1C. The molecule has 0 unspecified atom stereocenters. The molecule has 0 radical (unpaired) electrons. The number of hydrogen-bond donors (Lipinski definition) is 0. The van der Waals surface area contributed by atoms with Crippen LogP contribution < -0.4 is 0 Å². The molecule has 0 fully saturated rings. The van der Waals surface area contributed by atoms with E-state index < -0.39 is 0 Å². The van der Waals surface area contributed by atoms with Gasteiger partial charge < -0.3 is 0 Å². The number of aromatic nitrogens is 2. The largest absolute Gasteiger partial charge is 0.235 e. The number of nitrogens with zero attached hydrogens (tertiary/aromatic N) is 2. The van der Waals surface area contributed by atoms with Crippen LogP contribution in [-0.4, -0.2) is 9.97 Å². The molecule has 2 nitrogen and oxygen atoms in total. The average Bonchev–Trinajstić information content (AvgIpc) is 2.26. The fourth-order valence-electron chi connectivity index (χ4n) is 1.47. The van der Waals surface area contributed by atoms with E-state index in [-0.39, 0.29) is 0 Å². The molecule has 0 N–H and O–H groups in total. The molecule has 0 saturated carbocycles. The predicted octanol–water partition coefficient (Wildman–Crippen LogP) is 4.02. The zero-order valence-electron chi connectivity index (χ0n) is 8.96. The van der Waals surface area contributed by atoms with Crippen molar-refractivity contribution in [2.75, 3.05) is 0 Å². The Morgan fingerprint density at radius 1 is 1.25 bits per heavy atom. The van der Waals surface area contributed by atoms with Crippen molar-refractivity contribution in [3.8, 4) is 11.4 Å². The smallest absolute Gasteiger partial charge is 0.161 e. The molecule has 0 aliphatic heterocycles. The minimum absolute atomic E-state index is 0.506. The quantitative estimate of drug-likeness (QED) is 0.577. The van der Waals surface area contributed by atoms with Gasteiger partial charge in [-0.25, -0.2) is 9.97 Å². The molecule has 1 heterocycles. The molecule has 2 aromatic rings. The molecule has 0 saturated heterocycles. The molecule has 0 aliphatic rings. The second-order valence-corrected chi connectivity index (χ2v) is 5.10. The van der Waals surface area contributed by atoms with Crippen molar-refractivity contribution in [1.82, 2.24) is 9.97 Å². The molecule has 0 aliphatic carbocycles. The van der Waals surface area contributed by atoms with Gasteiger partial charge in [0.15, 0.2) is 5.82 Å². The van der Waals surface area contributed by atoms with E-state index in [9.17, 15) is 0 Å². The zero-order valence-corrected chi connectivity index (χ0v) is 11.9. The fourth-order valence-corrected chi connectivity index (χ4v) is 1.86. The molecular formula is C12H10ClIN2. The third-order valence-electron chi connectivity index (χ3n) is 2.55. The molecule has 0 bridgehead atoms. The first kappa shape index (κ1) is 11.8. The Bertz CT molecular complexity index is 541. The summed E-state index contributed by atoms with van der Waals surface area (Å²) in [6.07, 6.45) is 1.74. The van der Waals surface area contributed by atoms with Gasteiger partial charge in [0.1, 0.15) is 5.15 Å². The molecule has 1 aromatic heterocycles. The van der Waals surface area contributed by atoms with E-state index in [0.717, 1.165) is 9.13 Å². The number of benzene rings is 1. The maximum absolute atomic E-state index is 6.00. The van der Waals surface area contributed by atoms with Gasteiger partial charge in [-0.05, 0) is 47.6 Å². The second kappa shape index (κ2) is 4.67. The number of rotatable bonds is 1. The first-order chi connectivity index (χ1) is 7.59.